The number of hydrogen-bond acceptors (Lipinski definition) is 2. The van der Waals surface area contributed by atoms with Gasteiger partial charge in [0, 0.05) is 0 Å². The monoisotopic (exact) mass is 73.0 g/mol. The third-order valence-electron chi connectivity index (χ3n) is 0.114. The summed E-state index contributed by atoms with van der Waals surface area (Å²) in [5.74, 6) is 4.37. The molecular formula is CH3N3O. The maximum absolute atomic E-state index is 9.06. The average Bonchev–Trinajstić information content (AvgIpc) is 1.41. The Bertz CT molecular complexity index is 48.9. The van der Waals surface area contributed by atoms with Gasteiger partial charge in [0.05, 0.1) is 0 Å². The highest BCUT2D eigenvalue weighted by molar-refractivity contribution is 5.45. The van der Waals surface area contributed by atoms with Crippen molar-refractivity contribution in [2.45, 2.75) is 0 Å². The number of nitrogens with zero attached hydrogens (tertiary/aromatic N) is 2. The van der Waals surface area contributed by atoms with E-state index in [1.807, 2.05) is 0 Å². The van der Waals surface area contributed by atoms with Crippen LogP contribution in [0.3, 0.4) is 0 Å². The summed E-state index contributed by atoms with van der Waals surface area (Å²) in [7, 11) is 0. The van der Waals surface area contributed by atoms with Crippen molar-refractivity contribution in [3.63, 3.8) is 0 Å². The molecule has 0 saturated heterocycles. The van der Waals surface area contributed by atoms with E-state index in [0.29, 0.717) is 0 Å². The minimum absolute atomic E-state index is 0.264. The molecule has 4 heteroatoms. The summed E-state index contributed by atoms with van der Waals surface area (Å²) in [5.41, 5.74) is 0. The van der Waals surface area contributed by atoms with Crippen LogP contribution in [0.25, 0.3) is 0 Å². The van der Waals surface area contributed by atoms with Gasteiger partial charge in [0.15, 0.2) is 0 Å². The molecule has 0 spiro atoms. The summed E-state index contributed by atoms with van der Waals surface area (Å²) < 4.78 is 0. The van der Waals surface area contributed by atoms with Gasteiger partial charge < -0.3 is 5.84 Å². The highest BCUT2D eigenvalue weighted by Gasteiger charge is 1.48. The van der Waals surface area contributed by atoms with Gasteiger partial charge in [0.2, 0.25) is 0 Å². The number of amides is 1. The molecule has 0 heterocycles. The largest absolute Gasteiger partial charge is 0.304 e. The van der Waals surface area contributed by atoms with E-state index < -0.39 is 0 Å². The Morgan fingerprint density at radius 3 is 2.40 bits per heavy atom. The molecule has 0 aliphatic rings. The van der Waals surface area contributed by atoms with Crippen molar-refractivity contribution in [1.82, 2.24) is 0 Å². The molecule has 0 aliphatic carbocycles. The minimum atomic E-state index is 0.264. The van der Waals surface area contributed by atoms with E-state index >= 15 is 0 Å². The van der Waals surface area contributed by atoms with E-state index in [-0.39, 0.29) is 6.41 Å². The molecule has 0 atom stereocenters. The van der Waals surface area contributed by atoms with Crippen LogP contribution in [0.4, 0.5) is 0 Å². The van der Waals surface area contributed by atoms with Gasteiger partial charge in [-0.05, 0) is 0 Å². The molecule has 28 valence electrons. The van der Waals surface area contributed by atoms with Crippen LogP contribution in [-0.2, 0) is 4.79 Å². The van der Waals surface area contributed by atoms with Gasteiger partial charge >= 0.3 is 0 Å². The number of hydrogen-bond donors (Lipinski definition) is 1. The summed E-state index contributed by atoms with van der Waals surface area (Å²) in [5, 5.41) is 5.31. The van der Waals surface area contributed by atoms with Crippen molar-refractivity contribution >= 4 is 6.41 Å². The Labute approximate surface area is 28.7 Å². The molecule has 0 aromatic rings. The molecule has 0 radical (unpaired) electrons. The van der Waals surface area contributed by atoms with E-state index in [1.165, 1.54) is 0 Å². The second-order valence-electron chi connectivity index (χ2n) is 0.336. The lowest BCUT2D eigenvalue weighted by Crippen LogP contribution is -1.72. The Hall–Kier alpha value is -0.930. The third-order valence-corrected chi connectivity index (χ3v) is 0.114. The van der Waals surface area contributed by atoms with Gasteiger partial charge in [-0.25, -0.2) is 0 Å². The lowest BCUT2D eigenvalue weighted by molar-refractivity contribution is -0.107. The zero-order valence-corrected chi connectivity index (χ0v) is 2.46. The molecule has 5 heavy (non-hydrogen) atoms. The molecule has 1 amide bonds. The standard InChI is InChI=1S/CH3N3O/c2-4-3-1-5/h1H,(H2,2,3,5). The fourth-order valence-corrected chi connectivity index (χ4v) is 0.0272. The van der Waals surface area contributed by atoms with Gasteiger partial charge in [0.25, 0.3) is 6.41 Å². The Morgan fingerprint density at radius 1 is 1.80 bits per heavy atom. The van der Waals surface area contributed by atoms with Crippen molar-refractivity contribution in [1.29, 1.82) is 0 Å². The second-order valence-corrected chi connectivity index (χ2v) is 0.336. The van der Waals surface area contributed by atoms with Gasteiger partial charge in [-0.3, -0.25) is 4.79 Å². The summed E-state index contributed by atoms with van der Waals surface area (Å²) in [6.45, 7) is 0. The van der Waals surface area contributed by atoms with Crippen molar-refractivity contribution in [3.8, 4) is 0 Å². The summed E-state index contributed by atoms with van der Waals surface area (Å²) in [6, 6.07) is 0. The second kappa shape index (κ2) is 3.07. The van der Waals surface area contributed by atoms with E-state index in [0.717, 1.165) is 0 Å². The molecule has 0 aromatic heterocycles. The molecule has 0 unspecified atom stereocenters. The number of carbonyl (C=O) groups is 1. The van der Waals surface area contributed by atoms with E-state index in [2.05, 4.69) is 16.2 Å². The van der Waals surface area contributed by atoms with Crippen LogP contribution in [0.5, 0.6) is 0 Å². The van der Waals surface area contributed by atoms with E-state index in [9.17, 15) is 0 Å². The van der Waals surface area contributed by atoms with Gasteiger partial charge in [-0.2, -0.15) is 0 Å². The number of rotatable bonds is 1. The maximum atomic E-state index is 9.06. The fraction of sp³-hybridized carbons (Fsp3) is 0. The number of carbonyl (C=O) groups excluding carboxylic acids is 1. The van der Waals surface area contributed by atoms with E-state index in [4.69, 9.17) is 4.79 Å². The topological polar surface area (TPSA) is 67.8 Å². The Kier molecular flexibility index (Phi) is 2.50. The molecule has 0 aliphatic heterocycles. The van der Waals surface area contributed by atoms with Crippen LogP contribution in [-0.4, -0.2) is 6.41 Å². The van der Waals surface area contributed by atoms with Crippen LogP contribution in [0.2, 0.25) is 0 Å². The first-order valence-electron chi connectivity index (χ1n) is 0.952. The van der Waals surface area contributed by atoms with Crippen LogP contribution >= 0.6 is 0 Å². The lowest BCUT2D eigenvalue weighted by atomic mass is 11.5. The molecule has 0 saturated carbocycles. The van der Waals surface area contributed by atoms with Crippen molar-refractivity contribution in [3.05, 3.63) is 0 Å². The molecule has 2 N–H and O–H groups in total. The van der Waals surface area contributed by atoms with E-state index in [1.54, 1.807) is 0 Å². The zero-order chi connectivity index (χ0) is 4.12. The third kappa shape index (κ3) is 3.07. The van der Waals surface area contributed by atoms with Crippen LogP contribution in [0.15, 0.2) is 10.3 Å². The minimum Gasteiger partial charge on any atom is -0.304 e. The normalized spacial score (nSPS) is 8.80. The van der Waals surface area contributed by atoms with Gasteiger partial charge in [0.1, 0.15) is 0 Å². The lowest BCUT2D eigenvalue weighted by Gasteiger charge is -1.55. The zero-order valence-electron chi connectivity index (χ0n) is 2.46. The van der Waals surface area contributed by atoms with Crippen LogP contribution in [0.1, 0.15) is 0 Å². The fourth-order valence-electron chi connectivity index (χ4n) is 0.0272. The number of nitrogens with two attached hydrogens (primary N) is 1. The molecule has 0 fully saturated rings. The maximum Gasteiger partial charge on any atom is 0.254 e. The summed E-state index contributed by atoms with van der Waals surface area (Å²) in [6.07, 6.45) is 0.264. The first-order valence-corrected chi connectivity index (χ1v) is 0.952. The quantitative estimate of drug-likeness (QED) is 0.196. The molecule has 0 aromatic carbocycles. The van der Waals surface area contributed by atoms with Crippen molar-refractivity contribution < 1.29 is 4.79 Å². The smallest absolute Gasteiger partial charge is 0.254 e. The van der Waals surface area contributed by atoms with Gasteiger partial charge in [-0.15, -0.1) is 0 Å². The first-order chi connectivity index (χ1) is 2.41. The Morgan fingerprint density at radius 2 is 2.40 bits per heavy atom. The van der Waals surface area contributed by atoms with Crippen molar-refractivity contribution in [2.24, 2.45) is 16.2 Å². The van der Waals surface area contributed by atoms with Crippen LogP contribution < -0.4 is 5.84 Å². The van der Waals surface area contributed by atoms with Crippen LogP contribution in [0, 0.1) is 0 Å². The summed E-state index contributed by atoms with van der Waals surface area (Å²) >= 11 is 0. The average molecular weight is 73.1 g/mol. The molecular weight excluding hydrogens is 70.0 g/mol. The molecule has 0 bridgehead atoms. The summed E-state index contributed by atoms with van der Waals surface area (Å²) in [4.78, 5) is 9.06. The molecule has 0 rings (SSSR count). The predicted octanol–water partition coefficient (Wildman–Crippen LogP) is -0.531. The SMILES string of the molecule is NN=NC=O. The highest BCUT2D eigenvalue weighted by atomic mass is 16.1. The van der Waals surface area contributed by atoms with Crippen molar-refractivity contribution in [2.75, 3.05) is 0 Å². The molecule has 4 nitrogen and oxygen atoms in total. The highest BCUT2D eigenvalue weighted by Crippen LogP contribution is 1.46. The Balaban J connectivity index is 2.92. The van der Waals surface area contributed by atoms with Gasteiger partial charge in [-0.1, -0.05) is 10.3 Å². The first kappa shape index (κ1) is 4.07. The predicted molar refractivity (Wildman–Crippen MR) is 15.1 cm³/mol.